The van der Waals surface area contributed by atoms with E-state index in [0.29, 0.717) is 23.4 Å². The first-order valence-electron chi connectivity index (χ1n) is 8.52. The van der Waals surface area contributed by atoms with Crippen molar-refractivity contribution in [1.29, 1.82) is 0 Å². The van der Waals surface area contributed by atoms with Crippen molar-refractivity contribution in [1.82, 2.24) is 4.90 Å². The highest BCUT2D eigenvalue weighted by Gasteiger charge is 2.38. The summed E-state index contributed by atoms with van der Waals surface area (Å²) in [5.41, 5.74) is 3.33. The first-order valence-corrected chi connectivity index (χ1v) is 8.52. The third kappa shape index (κ3) is 3.51. The molecule has 0 radical (unpaired) electrons. The minimum Gasteiger partial charge on any atom is -0.465 e. The number of esters is 1. The SMILES string of the molecule is COC(=O)C1=C(C)N(C[C@@H]2CCCO2)C(=O)/C1=C\c1cccc(C)c1. The largest absolute Gasteiger partial charge is 0.465 e. The first-order chi connectivity index (χ1) is 12.0. The monoisotopic (exact) mass is 341 g/mol. The van der Waals surface area contributed by atoms with E-state index in [0.717, 1.165) is 30.6 Å². The molecule has 0 N–H and O–H groups in total. The minimum atomic E-state index is -0.486. The molecule has 132 valence electrons. The Morgan fingerprint density at radius 1 is 1.40 bits per heavy atom. The van der Waals surface area contributed by atoms with Crippen LogP contribution in [0.25, 0.3) is 6.08 Å². The second-order valence-corrected chi connectivity index (χ2v) is 6.47. The predicted octanol–water partition coefficient (Wildman–Crippen LogP) is 2.85. The summed E-state index contributed by atoms with van der Waals surface area (Å²) >= 11 is 0. The zero-order chi connectivity index (χ0) is 18.0. The number of carbonyl (C=O) groups is 2. The molecule has 0 aromatic heterocycles. The molecule has 0 spiro atoms. The molecule has 1 saturated heterocycles. The molecule has 5 heteroatoms. The van der Waals surface area contributed by atoms with Crippen LogP contribution in [0.15, 0.2) is 41.1 Å². The van der Waals surface area contributed by atoms with Gasteiger partial charge in [0.25, 0.3) is 5.91 Å². The van der Waals surface area contributed by atoms with E-state index in [1.807, 2.05) is 31.2 Å². The average molecular weight is 341 g/mol. The molecule has 1 atom stereocenters. The fourth-order valence-corrected chi connectivity index (χ4v) is 3.37. The quantitative estimate of drug-likeness (QED) is 0.624. The van der Waals surface area contributed by atoms with Crippen molar-refractivity contribution in [2.24, 2.45) is 0 Å². The van der Waals surface area contributed by atoms with Crippen LogP contribution in [0.5, 0.6) is 0 Å². The summed E-state index contributed by atoms with van der Waals surface area (Å²) in [6.45, 7) is 4.97. The maximum absolute atomic E-state index is 13.0. The Morgan fingerprint density at radius 3 is 2.84 bits per heavy atom. The number of methoxy groups -OCH3 is 1. The van der Waals surface area contributed by atoms with Crippen LogP contribution in [0.4, 0.5) is 0 Å². The molecule has 2 heterocycles. The van der Waals surface area contributed by atoms with Crippen molar-refractivity contribution in [3.05, 3.63) is 52.2 Å². The van der Waals surface area contributed by atoms with Gasteiger partial charge in [-0.1, -0.05) is 29.8 Å². The molecule has 2 aliphatic rings. The van der Waals surface area contributed by atoms with E-state index in [9.17, 15) is 9.59 Å². The van der Waals surface area contributed by atoms with Crippen LogP contribution in [0.1, 0.15) is 30.9 Å². The van der Waals surface area contributed by atoms with Gasteiger partial charge in [-0.15, -0.1) is 0 Å². The van der Waals surface area contributed by atoms with Crippen LogP contribution >= 0.6 is 0 Å². The number of aryl methyl sites for hydroxylation is 1. The number of hydrogen-bond donors (Lipinski definition) is 0. The number of ether oxygens (including phenoxy) is 2. The van der Waals surface area contributed by atoms with Gasteiger partial charge in [0, 0.05) is 12.3 Å². The van der Waals surface area contributed by atoms with Crippen molar-refractivity contribution in [3.63, 3.8) is 0 Å². The molecule has 0 saturated carbocycles. The number of carbonyl (C=O) groups excluding carboxylic acids is 2. The smallest absolute Gasteiger partial charge is 0.340 e. The van der Waals surface area contributed by atoms with E-state index < -0.39 is 5.97 Å². The van der Waals surface area contributed by atoms with Crippen molar-refractivity contribution < 1.29 is 19.1 Å². The Hall–Kier alpha value is -2.40. The predicted molar refractivity (Wildman–Crippen MR) is 94.6 cm³/mol. The maximum Gasteiger partial charge on any atom is 0.340 e. The lowest BCUT2D eigenvalue weighted by atomic mass is 10.0. The number of nitrogens with zero attached hydrogens (tertiary/aromatic N) is 1. The molecule has 0 bridgehead atoms. The highest BCUT2D eigenvalue weighted by molar-refractivity contribution is 6.16. The van der Waals surface area contributed by atoms with Crippen LogP contribution < -0.4 is 0 Å². The number of allylic oxidation sites excluding steroid dienone is 1. The second kappa shape index (κ2) is 7.23. The van der Waals surface area contributed by atoms with E-state index in [-0.39, 0.29) is 12.0 Å². The lowest BCUT2D eigenvalue weighted by molar-refractivity contribution is -0.136. The Kier molecular flexibility index (Phi) is 5.04. The Bertz CT molecular complexity index is 757. The molecule has 0 unspecified atom stereocenters. The molecule has 5 nitrogen and oxygen atoms in total. The summed E-state index contributed by atoms with van der Waals surface area (Å²) in [6, 6.07) is 7.82. The van der Waals surface area contributed by atoms with Crippen molar-refractivity contribution in [2.45, 2.75) is 32.8 Å². The normalized spacial score (nSPS) is 22.2. The fraction of sp³-hybridized carbons (Fsp3) is 0.400. The fourth-order valence-electron chi connectivity index (χ4n) is 3.37. The summed E-state index contributed by atoms with van der Waals surface area (Å²) in [4.78, 5) is 26.9. The molecule has 1 fully saturated rings. The zero-order valence-corrected chi connectivity index (χ0v) is 14.9. The van der Waals surface area contributed by atoms with Crippen molar-refractivity contribution >= 4 is 18.0 Å². The molecule has 25 heavy (non-hydrogen) atoms. The lowest BCUT2D eigenvalue weighted by Gasteiger charge is -2.21. The minimum absolute atomic E-state index is 0.0242. The van der Waals surface area contributed by atoms with Crippen molar-refractivity contribution in [3.8, 4) is 0 Å². The summed E-state index contributed by atoms with van der Waals surface area (Å²) in [5, 5.41) is 0. The molecular weight excluding hydrogens is 318 g/mol. The van der Waals surface area contributed by atoms with Gasteiger partial charge in [0.15, 0.2) is 0 Å². The summed E-state index contributed by atoms with van der Waals surface area (Å²) in [6.07, 6.45) is 3.73. The number of benzene rings is 1. The van der Waals surface area contributed by atoms with Crippen LogP contribution in [-0.2, 0) is 19.1 Å². The third-order valence-corrected chi connectivity index (χ3v) is 4.66. The van der Waals surface area contributed by atoms with E-state index in [1.165, 1.54) is 7.11 Å². The average Bonchev–Trinajstić information content (AvgIpc) is 3.18. The topological polar surface area (TPSA) is 55.8 Å². The Labute approximate surface area is 147 Å². The van der Waals surface area contributed by atoms with E-state index >= 15 is 0 Å². The maximum atomic E-state index is 13.0. The third-order valence-electron chi connectivity index (χ3n) is 4.66. The van der Waals surface area contributed by atoms with Gasteiger partial charge in [0.05, 0.1) is 30.9 Å². The molecule has 0 aliphatic carbocycles. The van der Waals surface area contributed by atoms with Gasteiger partial charge in [-0.2, -0.15) is 0 Å². The van der Waals surface area contributed by atoms with Crippen LogP contribution in [0.3, 0.4) is 0 Å². The first kappa shape index (κ1) is 17.4. The number of amides is 1. The lowest BCUT2D eigenvalue weighted by Crippen LogP contribution is -2.33. The molecule has 1 aromatic carbocycles. The molecule has 2 aliphatic heterocycles. The van der Waals surface area contributed by atoms with Crippen LogP contribution in [-0.4, -0.2) is 43.1 Å². The Balaban J connectivity index is 1.98. The molecule has 1 aromatic rings. The number of rotatable bonds is 4. The van der Waals surface area contributed by atoms with E-state index in [2.05, 4.69) is 0 Å². The molecule has 1 amide bonds. The van der Waals surface area contributed by atoms with Gasteiger partial charge >= 0.3 is 5.97 Å². The van der Waals surface area contributed by atoms with Gasteiger partial charge in [-0.05, 0) is 38.3 Å². The van der Waals surface area contributed by atoms with Gasteiger partial charge < -0.3 is 14.4 Å². The van der Waals surface area contributed by atoms with Crippen molar-refractivity contribution in [2.75, 3.05) is 20.3 Å². The van der Waals surface area contributed by atoms with Gasteiger partial charge in [0.2, 0.25) is 0 Å². The zero-order valence-electron chi connectivity index (χ0n) is 14.9. The van der Waals surface area contributed by atoms with Crippen LogP contribution in [0.2, 0.25) is 0 Å². The highest BCUT2D eigenvalue weighted by Crippen LogP contribution is 2.32. The summed E-state index contributed by atoms with van der Waals surface area (Å²) in [7, 11) is 1.33. The molecule has 3 rings (SSSR count). The van der Waals surface area contributed by atoms with E-state index in [1.54, 1.807) is 17.9 Å². The Morgan fingerprint density at radius 2 is 2.20 bits per heavy atom. The molecular formula is C20H23NO4. The highest BCUT2D eigenvalue weighted by atomic mass is 16.5. The van der Waals surface area contributed by atoms with Gasteiger partial charge in [-0.3, -0.25) is 4.79 Å². The van der Waals surface area contributed by atoms with Crippen LogP contribution in [0, 0.1) is 6.92 Å². The van der Waals surface area contributed by atoms with Gasteiger partial charge in [0.1, 0.15) is 0 Å². The number of hydrogen-bond acceptors (Lipinski definition) is 4. The second-order valence-electron chi connectivity index (χ2n) is 6.47. The standard InChI is InChI=1S/C20H23NO4/c1-13-6-4-7-15(10-13)11-17-18(20(23)24-3)14(2)21(19(17)22)12-16-8-5-9-25-16/h4,6-7,10-11,16H,5,8-9,12H2,1-3H3/b17-11-/t16-/m0/s1. The summed E-state index contributed by atoms with van der Waals surface area (Å²) < 4.78 is 10.6. The summed E-state index contributed by atoms with van der Waals surface area (Å²) in [5.74, 6) is -0.658. The van der Waals surface area contributed by atoms with Gasteiger partial charge in [-0.25, -0.2) is 4.79 Å². The van der Waals surface area contributed by atoms with E-state index in [4.69, 9.17) is 9.47 Å².